The number of benzene rings is 2. The van der Waals surface area contributed by atoms with Gasteiger partial charge in [-0.25, -0.2) is 4.79 Å². The van der Waals surface area contributed by atoms with Crippen LogP contribution in [0.2, 0.25) is 0 Å². The number of carbonyl (C=O) groups excluding carboxylic acids is 2. The van der Waals surface area contributed by atoms with E-state index in [1.54, 1.807) is 4.90 Å². The van der Waals surface area contributed by atoms with Gasteiger partial charge in [0.05, 0.1) is 21.3 Å². The predicted octanol–water partition coefficient (Wildman–Crippen LogP) is 2.85. The lowest BCUT2D eigenvalue weighted by atomic mass is 10.1. The number of esters is 1. The van der Waals surface area contributed by atoms with E-state index >= 15 is 0 Å². The normalized spacial score (nSPS) is 15.0. The Hall–Kier alpha value is -3.22. The summed E-state index contributed by atoms with van der Waals surface area (Å²) in [7, 11) is 4.39. The molecule has 0 aromatic heterocycles. The van der Waals surface area contributed by atoms with Gasteiger partial charge >= 0.3 is 5.97 Å². The van der Waals surface area contributed by atoms with E-state index < -0.39 is 5.97 Å². The van der Waals surface area contributed by atoms with Gasteiger partial charge in [0.2, 0.25) is 0 Å². The molecule has 0 radical (unpaired) electrons. The summed E-state index contributed by atoms with van der Waals surface area (Å²) < 4.78 is 21.0. The molecule has 2 aromatic carbocycles. The Labute approximate surface area is 163 Å². The topological polar surface area (TPSA) is 74.3 Å². The molecule has 0 saturated heterocycles. The number of amides is 1. The minimum absolute atomic E-state index is 0.0132. The molecule has 3 rings (SSSR count). The highest BCUT2D eigenvalue weighted by atomic mass is 16.5. The largest absolute Gasteiger partial charge is 0.496 e. The molecular formula is C21H23NO6. The first-order valence-electron chi connectivity index (χ1n) is 8.87. The zero-order chi connectivity index (χ0) is 20.3. The van der Waals surface area contributed by atoms with Gasteiger partial charge in [0.15, 0.2) is 18.1 Å². The van der Waals surface area contributed by atoms with Crippen LogP contribution in [-0.4, -0.2) is 45.9 Å². The number of nitrogens with zero attached hydrogens (tertiary/aromatic N) is 1. The van der Waals surface area contributed by atoms with Crippen LogP contribution in [0.15, 0.2) is 36.4 Å². The maximum absolute atomic E-state index is 12.7. The molecule has 0 N–H and O–H groups in total. The Kier molecular flexibility index (Phi) is 5.73. The van der Waals surface area contributed by atoms with Crippen LogP contribution in [0.25, 0.3) is 0 Å². The van der Waals surface area contributed by atoms with Gasteiger partial charge in [-0.2, -0.15) is 0 Å². The van der Waals surface area contributed by atoms with E-state index in [-0.39, 0.29) is 29.9 Å². The lowest BCUT2D eigenvalue weighted by Gasteiger charge is -2.22. The van der Waals surface area contributed by atoms with Crippen LogP contribution >= 0.6 is 0 Å². The molecule has 7 nitrogen and oxygen atoms in total. The van der Waals surface area contributed by atoms with E-state index in [2.05, 4.69) is 0 Å². The molecule has 1 aliphatic heterocycles. The van der Waals surface area contributed by atoms with Gasteiger partial charge in [0.1, 0.15) is 11.3 Å². The number of ether oxygens (including phenoxy) is 4. The van der Waals surface area contributed by atoms with Crippen LogP contribution in [-0.2, 0) is 16.0 Å². The fraction of sp³-hybridized carbons (Fsp3) is 0.333. The van der Waals surface area contributed by atoms with Gasteiger partial charge < -0.3 is 23.8 Å². The summed E-state index contributed by atoms with van der Waals surface area (Å²) in [6, 6.07) is 10.8. The highest BCUT2D eigenvalue weighted by Crippen LogP contribution is 2.35. The van der Waals surface area contributed by atoms with Crippen LogP contribution in [0, 0.1) is 0 Å². The van der Waals surface area contributed by atoms with Gasteiger partial charge in [-0.1, -0.05) is 18.2 Å². The second-order valence-electron chi connectivity index (χ2n) is 6.43. The molecule has 7 heteroatoms. The van der Waals surface area contributed by atoms with Gasteiger partial charge in [0, 0.05) is 23.9 Å². The van der Waals surface area contributed by atoms with Crippen molar-refractivity contribution < 1.29 is 28.5 Å². The Morgan fingerprint density at radius 1 is 1.00 bits per heavy atom. The maximum atomic E-state index is 12.7. The molecule has 1 aliphatic rings. The summed E-state index contributed by atoms with van der Waals surface area (Å²) in [6.07, 6.45) is 0.777. The molecule has 1 unspecified atom stereocenters. The van der Waals surface area contributed by atoms with Crippen molar-refractivity contribution in [3.05, 3.63) is 47.5 Å². The number of fused-ring (bicyclic) bond motifs is 1. The summed E-state index contributed by atoms with van der Waals surface area (Å²) in [5.74, 6) is 0.115. The van der Waals surface area contributed by atoms with Crippen molar-refractivity contribution in [3.8, 4) is 17.2 Å². The standard InChI is InChI=1S/C21H23NO6/c1-13-9-14-7-5-6-8-16(14)22(13)20(23)12-28-21(24)15-10-18(26-3)19(27-4)11-17(15)25-2/h5-8,10-11,13H,9,12H2,1-4H3. The molecule has 0 saturated carbocycles. The number of hydrogen-bond acceptors (Lipinski definition) is 6. The van der Waals surface area contributed by atoms with E-state index in [4.69, 9.17) is 18.9 Å². The van der Waals surface area contributed by atoms with E-state index in [1.165, 1.54) is 33.5 Å². The Balaban J connectivity index is 1.75. The molecule has 28 heavy (non-hydrogen) atoms. The molecule has 0 aliphatic carbocycles. The Morgan fingerprint density at radius 3 is 2.32 bits per heavy atom. The first-order chi connectivity index (χ1) is 13.5. The number of hydrogen-bond donors (Lipinski definition) is 0. The number of carbonyl (C=O) groups is 2. The molecule has 0 fully saturated rings. The monoisotopic (exact) mass is 385 g/mol. The third-order valence-electron chi connectivity index (χ3n) is 4.73. The lowest BCUT2D eigenvalue weighted by Crippen LogP contribution is -2.38. The molecular weight excluding hydrogens is 362 g/mol. The van der Waals surface area contributed by atoms with Crippen LogP contribution in [0.1, 0.15) is 22.8 Å². The quantitative estimate of drug-likeness (QED) is 0.712. The third kappa shape index (κ3) is 3.60. The molecule has 2 aromatic rings. The molecule has 0 bridgehead atoms. The Morgan fingerprint density at radius 2 is 1.64 bits per heavy atom. The first kappa shape index (κ1) is 19.5. The van der Waals surface area contributed by atoms with E-state index in [1.807, 2.05) is 31.2 Å². The van der Waals surface area contributed by atoms with Gasteiger partial charge in [-0.15, -0.1) is 0 Å². The summed E-state index contributed by atoms with van der Waals surface area (Å²) in [5.41, 5.74) is 2.12. The second kappa shape index (κ2) is 8.21. The lowest BCUT2D eigenvalue weighted by molar-refractivity contribution is -0.122. The first-order valence-corrected chi connectivity index (χ1v) is 8.87. The molecule has 1 amide bonds. The zero-order valence-electron chi connectivity index (χ0n) is 16.4. The molecule has 1 atom stereocenters. The van der Waals surface area contributed by atoms with Crippen molar-refractivity contribution in [1.29, 1.82) is 0 Å². The summed E-state index contributed by atoms with van der Waals surface area (Å²) in [5, 5.41) is 0. The average molecular weight is 385 g/mol. The number of anilines is 1. The smallest absolute Gasteiger partial charge is 0.342 e. The SMILES string of the molecule is COc1cc(OC)c(C(=O)OCC(=O)N2c3ccccc3CC2C)cc1OC. The van der Waals surface area contributed by atoms with Crippen LogP contribution in [0.5, 0.6) is 17.2 Å². The summed E-state index contributed by atoms with van der Waals surface area (Å²) in [6.45, 7) is 1.60. The van der Waals surface area contributed by atoms with Crippen molar-refractivity contribution in [2.24, 2.45) is 0 Å². The average Bonchev–Trinajstić information content (AvgIpc) is 3.06. The summed E-state index contributed by atoms with van der Waals surface area (Å²) >= 11 is 0. The van der Waals surface area contributed by atoms with Gasteiger partial charge in [0.25, 0.3) is 5.91 Å². The fourth-order valence-electron chi connectivity index (χ4n) is 3.41. The highest BCUT2D eigenvalue weighted by molar-refractivity contribution is 6.00. The molecule has 148 valence electrons. The van der Waals surface area contributed by atoms with Gasteiger partial charge in [-0.05, 0) is 25.0 Å². The molecule has 0 spiro atoms. The van der Waals surface area contributed by atoms with Crippen molar-refractivity contribution in [1.82, 2.24) is 0 Å². The number of rotatable bonds is 6. The minimum atomic E-state index is -0.675. The Bertz CT molecular complexity index is 894. The highest BCUT2D eigenvalue weighted by Gasteiger charge is 2.31. The zero-order valence-corrected chi connectivity index (χ0v) is 16.4. The van der Waals surface area contributed by atoms with Crippen LogP contribution in [0.4, 0.5) is 5.69 Å². The predicted molar refractivity (Wildman–Crippen MR) is 103 cm³/mol. The van der Waals surface area contributed by atoms with E-state index in [0.717, 1.165) is 17.7 Å². The summed E-state index contributed by atoms with van der Waals surface area (Å²) in [4.78, 5) is 26.9. The van der Waals surface area contributed by atoms with Crippen molar-refractivity contribution in [2.75, 3.05) is 32.8 Å². The second-order valence-corrected chi connectivity index (χ2v) is 6.43. The van der Waals surface area contributed by atoms with E-state index in [9.17, 15) is 9.59 Å². The number of para-hydroxylation sites is 1. The molecule has 1 heterocycles. The number of methoxy groups -OCH3 is 3. The van der Waals surface area contributed by atoms with Gasteiger partial charge in [-0.3, -0.25) is 4.79 Å². The fourth-order valence-corrected chi connectivity index (χ4v) is 3.41. The third-order valence-corrected chi connectivity index (χ3v) is 4.73. The van der Waals surface area contributed by atoms with E-state index in [0.29, 0.717) is 11.5 Å². The van der Waals surface area contributed by atoms with Crippen molar-refractivity contribution >= 4 is 17.6 Å². The minimum Gasteiger partial charge on any atom is -0.496 e. The maximum Gasteiger partial charge on any atom is 0.342 e. The van der Waals surface area contributed by atoms with Crippen LogP contribution < -0.4 is 19.1 Å². The van der Waals surface area contributed by atoms with Crippen LogP contribution in [0.3, 0.4) is 0 Å². The van der Waals surface area contributed by atoms with Crippen molar-refractivity contribution in [2.45, 2.75) is 19.4 Å². The van der Waals surface area contributed by atoms with Crippen molar-refractivity contribution in [3.63, 3.8) is 0 Å².